The van der Waals surface area contributed by atoms with E-state index in [1.54, 1.807) is 54.6 Å². The molecule has 0 bridgehead atoms. The van der Waals surface area contributed by atoms with Gasteiger partial charge in [0.25, 0.3) is 11.6 Å². The van der Waals surface area contributed by atoms with Crippen LogP contribution in [0.4, 0.5) is 11.4 Å². The number of rotatable bonds is 11. The third-order valence-electron chi connectivity index (χ3n) is 4.89. The van der Waals surface area contributed by atoms with Crippen molar-refractivity contribution >= 4 is 23.4 Å². The highest BCUT2D eigenvalue weighted by atomic mass is 16.6. The molecule has 0 saturated heterocycles. The molecule has 184 valence electrons. The molecule has 0 heterocycles. The van der Waals surface area contributed by atoms with Crippen LogP contribution in [-0.2, 0) is 11.4 Å². The van der Waals surface area contributed by atoms with E-state index in [2.05, 4.69) is 5.32 Å². The molecular weight excluding hydrogens is 462 g/mol. The van der Waals surface area contributed by atoms with E-state index in [0.29, 0.717) is 41.7 Å². The third kappa shape index (κ3) is 7.08. The van der Waals surface area contributed by atoms with Gasteiger partial charge in [0, 0.05) is 23.9 Å². The van der Waals surface area contributed by atoms with Gasteiger partial charge in [-0.15, -0.1) is 0 Å². The molecule has 9 heteroatoms. The van der Waals surface area contributed by atoms with Gasteiger partial charge in [-0.1, -0.05) is 12.1 Å². The van der Waals surface area contributed by atoms with Crippen LogP contribution in [0.3, 0.4) is 0 Å². The molecule has 0 unspecified atom stereocenters. The van der Waals surface area contributed by atoms with Crippen molar-refractivity contribution in [2.45, 2.75) is 20.5 Å². The average molecular weight is 488 g/mol. The lowest BCUT2D eigenvalue weighted by Crippen LogP contribution is -2.13. The normalized spacial score (nSPS) is 10.8. The van der Waals surface area contributed by atoms with Crippen LogP contribution in [0.5, 0.6) is 17.2 Å². The van der Waals surface area contributed by atoms with E-state index < -0.39 is 10.8 Å². The van der Waals surface area contributed by atoms with E-state index in [1.165, 1.54) is 18.2 Å². The van der Waals surface area contributed by atoms with Crippen molar-refractivity contribution in [1.82, 2.24) is 0 Å². The number of anilines is 1. The molecular formula is C27H25N3O6. The molecule has 1 N–H and O–H groups in total. The van der Waals surface area contributed by atoms with Crippen LogP contribution in [0.2, 0.25) is 0 Å². The van der Waals surface area contributed by atoms with Crippen LogP contribution in [0.15, 0.2) is 72.3 Å². The van der Waals surface area contributed by atoms with E-state index in [-0.39, 0.29) is 17.9 Å². The minimum absolute atomic E-state index is 0.00391. The van der Waals surface area contributed by atoms with Gasteiger partial charge in [-0.05, 0) is 67.4 Å². The van der Waals surface area contributed by atoms with Crippen molar-refractivity contribution in [3.63, 3.8) is 0 Å². The molecule has 9 nitrogen and oxygen atoms in total. The molecule has 0 aliphatic heterocycles. The second kappa shape index (κ2) is 12.6. The minimum Gasteiger partial charge on any atom is -0.494 e. The summed E-state index contributed by atoms with van der Waals surface area (Å²) in [5, 5.41) is 23.1. The van der Waals surface area contributed by atoms with Crippen molar-refractivity contribution in [2.24, 2.45) is 0 Å². The second-order valence-corrected chi connectivity index (χ2v) is 7.44. The van der Waals surface area contributed by atoms with Crippen LogP contribution in [0.1, 0.15) is 25.0 Å². The Labute approximate surface area is 208 Å². The van der Waals surface area contributed by atoms with E-state index in [4.69, 9.17) is 14.2 Å². The number of ether oxygens (including phenoxy) is 3. The highest BCUT2D eigenvalue weighted by molar-refractivity contribution is 6.09. The number of hydrogen-bond acceptors (Lipinski definition) is 7. The molecule has 1 amide bonds. The Balaban J connectivity index is 1.75. The number of nitrogens with zero attached hydrogens (tertiary/aromatic N) is 2. The number of nitro groups is 1. The monoisotopic (exact) mass is 487 g/mol. The van der Waals surface area contributed by atoms with E-state index in [9.17, 15) is 20.2 Å². The van der Waals surface area contributed by atoms with Crippen molar-refractivity contribution in [1.29, 1.82) is 5.26 Å². The first-order valence-electron chi connectivity index (χ1n) is 11.2. The summed E-state index contributed by atoms with van der Waals surface area (Å²) in [7, 11) is 0. The molecule has 3 aromatic rings. The maximum atomic E-state index is 12.7. The van der Waals surface area contributed by atoms with Gasteiger partial charge in [-0.3, -0.25) is 14.9 Å². The molecule has 3 rings (SSSR count). The highest BCUT2D eigenvalue weighted by Crippen LogP contribution is 2.30. The number of nitrogens with one attached hydrogen (secondary N) is 1. The zero-order valence-corrected chi connectivity index (χ0v) is 19.9. The smallest absolute Gasteiger partial charge is 0.269 e. The van der Waals surface area contributed by atoms with Gasteiger partial charge >= 0.3 is 0 Å². The lowest BCUT2D eigenvalue weighted by molar-refractivity contribution is -0.384. The van der Waals surface area contributed by atoms with Gasteiger partial charge in [0.15, 0.2) is 11.5 Å². The number of hydrogen-bond donors (Lipinski definition) is 1. The summed E-state index contributed by atoms with van der Waals surface area (Å²) in [6.07, 6.45) is 1.46. The van der Waals surface area contributed by atoms with E-state index >= 15 is 0 Å². The first kappa shape index (κ1) is 25.8. The molecule has 0 radical (unpaired) electrons. The van der Waals surface area contributed by atoms with Crippen LogP contribution >= 0.6 is 0 Å². The largest absolute Gasteiger partial charge is 0.494 e. The summed E-state index contributed by atoms with van der Waals surface area (Å²) in [4.78, 5) is 23.0. The number of nitriles is 1. The summed E-state index contributed by atoms with van der Waals surface area (Å²) >= 11 is 0. The molecule has 3 aromatic carbocycles. The topological polar surface area (TPSA) is 124 Å². The summed E-state index contributed by atoms with van der Waals surface area (Å²) in [6, 6.07) is 20.0. The number of non-ortho nitro benzene ring substituents is 1. The van der Waals surface area contributed by atoms with Crippen LogP contribution in [0.25, 0.3) is 6.08 Å². The van der Waals surface area contributed by atoms with Crippen molar-refractivity contribution in [3.05, 3.63) is 93.5 Å². The van der Waals surface area contributed by atoms with Gasteiger partial charge < -0.3 is 19.5 Å². The first-order valence-corrected chi connectivity index (χ1v) is 11.2. The number of nitro benzene ring substituents is 1. The van der Waals surface area contributed by atoms with E-state index in [1.807, 2.05) is 19.9 Å². The van der Waals surface area contributed by atoms with Crippen molar-refractivity contribution in [3.8, 4) is 23.3 Å². The van der Waals surface area contributed by atoms with Gasteiger partial charge in [-0.2, -0.15) is 5.26 Å². The number of carbonyl (C=O) groups excluding carboxylic acids is 1. The Morgan fingerprint density at radius 2 is 1.75 bits per heavy atom. The fourth-order valence-electron chi connectivity index (χ4n) is 3.22. The van der Waals surface area contributed by atoms with Crippen molar-refractivity contribution in [2.75, 3.05) is 18.5 Å². The zero-order chi connectivity index (χ0) is 25.9. The SMILES string of the molecule is CCOc1cccc(NC(=O)/C(C#N)=C\c2ccc(OCc3ccc([N+](=O)[O-])cc3)c(OCC)c2)c1. The predicted octanol–water partition coefficient (Wildman–Crippen LogP) is 5.52. The van der Waals surface area contributed by atoms with Crippen LogP contribution < -0.4 is 19.5 Å². The Bertz CT molecular complexity index is 1300. The quantitative estimate of drug-likeness (QED) is 0.163. The standard InChI is InChI=1S/C27H25N3O6/c1-3-34-24-7-5-6-22(16-24)29-27(31)21(17-28)14-20-10-13-25(26(15-20)35-4-2)36-18-19-8-11-23(12-9-19)30(32)33/h5-16H,3-4,18H2,1-2H3,(H,29,31)/b21-14-. The highest BCUT2D eigenvalue weighted by Gasteiger charge is 2.12. The maximum Gasteiger partial charge on any atom is 0.269 e. The Kier molecular flexibility index (Phi) is 9.00. The summed E-state index contributed by atoms with van der Waals surface area (Å²) in [5.74, 6) is 0.962. The summed E-state index contributed by atoms with van der Waals surface area (Å²) in [5.41, 5.74) is 1.76. The maximum absolute atomic E-state index is 12.7. The Morgan fingerprint density at radius 1 is 1.00 bits per heavy atom. The van der Waals surface area contributed by atoms with Gasteiger partial charge in [0.2, 0.25) is 0 Å². The Morgan fingerprint density at radius 3 is 2.42 bits per heavy atom. The lowest BCUT2D eigenvalue weighted by Gasteiger charge is -2.13. The van der Waals surface area contributed by atoms with Crippen LogP contribution in [-0.4, -0.2) is 24.0 Å². The fraction of sp³-hybridized carbons (Fsp3) is 0.185. The number of amides is 1. The molecule has 0 atom stereocenters. The molecule has 0 aromatic heterocycles. The molecule has 0 aliphatic carbocycles. The molecule has 0 aliphatic rings. The molecule has 0 spiro atoms. The number of carbonyl (C=O) groups is 1. The van der Waals surface area contributed by atoms with Gasteiger partial charge in [0.1, 0.15) is 24.0 Å². The minimum atomic E-state index is -0.553. The molecule has 36 heavy (non-hydrogen) atoms. The third-order valence-corrected chi connectivity index (χ3v) is 4.89. The Hall–Kier alpha value is -4.84. The second-order valence-electron chi connectivity index (χ2n) is 7.44. The zero-order valence-electron chi connectivity index (χ0n) is 19.9. The fourth-order valence-corrected chi connectivity index (χ4v) is 3.22. The first-order chi connectivity index (χ1) is 17.4. The lowest BCUT2D eigenvalue weighted by atomic mass is 10.1. The van der Waals surface area contributed by atoms with E-state index in [0.717, 1.165) is 5.56 Å². The van der Waals surface area contributed by atoms with Gasteiger partial charge in [0.05, 0.1) is 18.1 Å². The molecule has 0 fully saturated rings. The summed E-state index contributed by atoms with van der Waals surface area (Å²) in [6.45, 7) is 4.75. The number of benzene rings is 3. The van der Waals surface area contributed by atoms with Crippen LogP contribution in [0, 0.1) is 21.4 Å². The molecule has 0 saturated carbocycles. The average Bonchev–Trinajstić information content (AvgIpc) is 2.87. The summed E-state index contributed by atoms with van der Waals surface area (Å²) < 4.78 is 17.0. The van der Waals surface area contributed by atoms with Crippen molar-refractivity contribution < 1.29 is 23.9 Å². The van der Waals surface area contributed by atoms with Gasteiger partial charge in [-0.25, -0.2) is 0 Å². The predicted molar refractivity (Wildman–Crippen MR) is 135 cm³/mol.